The number of hydrogen-bond acceptors (Lipinski definition) is 8. The monoisotopic (exact) mass is 279 g/mol. The van der Waals surface area contributed by atoms with E-state index in [9.17, 15) is 19.5 Å². The van der Waals surface area contributed by atoms with E-state index in [1.165, 1.54) is 0 Å². The van der Waals surface area contributed by atoms with Gasteiger partial charge in [0.2, 0.25) is 6.29 Å². The molecule has 8 nitrogen and oxygen atoms in total. The lowest BCUT2D eigenvalue weighted by Gasteiger charge is -2.19. The van der Waals surface area contributed by atoms with Crippen LogP contribution < -0.4 is 0 Å². The summed E-state index contributed by atoms with van der Waals surface area (Å²) in [4.78, 5) is 33.2. The van der Waals surface area contributed by atoms with Crippen molar-refractivity contribution in [1.82, 2.24) is 0 Å². The van der Waals surface area contributed by atoms with Gasteiger partial charge in [0.05, 0.1) is 0 Å². The Bertz CT molecular complexity index is 418. The van der Waals surface area contributed by atoms with Gasteiger partial charge in [-0.1, -0.05) is 0 Å². The van der Waals surface area contributed by atoms with Crippen molar-refractivity contribution in [3.05, 3.63) is 0 Å². The van der Waals surface area contributed by atoms with Crippen LogP contribution in [0.4, 0.5) is 0 Å². The molecule has 0 radical (unpaired) electrons. The second-order valence-electron chi connectivity index (χ2n) is 3.66. The average molecular weight is 279 g/mol. The lowest BCUT2D eigenvalue weighted by molar-refractivity contribution is -0.197. The van der Waals surface area contributed by atoms with Crippen molar-refractivity contribution in [1.29, 1.82) is 0 Å². The van der Waals surface area contributed by atoms with Crippen molar-refractivity contribution in [3.8, 4) is 0 Å². The molecule has 0 amide bonds. The maximum Gasteiger partial charge on any atom is 0.305 e. The Labute approximate surface area is 113 Å². The maximum atomic E-state index is 11.2. The zero-order valence-corrected chi connectivity index (χ0v) is 9.94. The van der Waals surface area contributed by atoms with Crippen molar-refractivity contribution >= 4 is 17.9 Å². The molecule has 8 heteroatoms. The molecule has 1 aliphatic rings. The molecule has 1 unspecified atom stereocenters. The zero-order valence-electron chi connectivity index (χ0n) is 12.9. The first kappa shape index (κ1) is 11.2. The molecule has 0 aliphatic carbocycles. The van der Waals surface area contributed by atoms with Gasteiger partial charge in [0, 0.05) is 24.8 Å². The van der Waals surface area contributed by atoms with Gasteiger partial charge in [0.15, 0.2) is 6.10 Å². The summed E-state index contributed by atoms with van der Waals surface area (Å²) in [5, 5.41) is 9.99. The molecular weight excluding hydrogens is 260 g/mol. The molecular formula is C11H16O8. The lowest BCUT2D eigenvalue weighted by atomic mass is 10.1. The van der Waals surface area contributed by atoms with Crippen molar-refractivity contribution in [3.63, 3.8) is 0 Å². The summed E-state index contributed by atoms with van der Waals surface area (Å²) in [6.07, 6.45) is -5.46. The largest absolute Gasteiger partial charge is 0.463 e. The van der Waals surface area contributed by atoms with Gasteiger partial charge in [-0.05, 0) is 0 Å². The van der Waals surface area contributed by atoms with E-state index in [0.29, 0.717) is 0 Å². The normalized spacial score (nSPS) is 31.7. The summed E-state index contributed by atoms with van der Waals surface area (Å²) in [5.74, 6) is -2.78. The van der Waals surface area contributed by atoms with Crippen LogP contribution in [0.3, 0.4) is 0 Å². The molecule has 0 saturated carbocycles. The van der Waals surface area contributed by atoms with E-state index in [1.54, 1.807) is 0 Å². The quantitative estimate of drug-likeness (QED) is 0.522. The summed E-state index contributed by atoms with van der Waals surface area (Å²) in [6, 6.07) is 0. The van der Waals surface area contributed by atoms with Gasteiger partial charge >= 0.3 is 17.9 Å². The van der Waals surface area contributed by atoms with Crippen LogP contribution in [0.5, 0.6) is 0 Å². The number of carbonyl (C=O) groups excluding carboxylic acids is 3. The Balaban J connectivity index is 2.72. The smallest absolute Gasteiger partial charge is 0.305 e. The molecule has 1 fully saturated rings. The first-order valence-corrected chi connectivity index (χ1v) is 5.18. The van der Waals surface area contributed by atoms with Gasteiger partial charge in [-0.2, -0.15) is 0 Å². The van der Waals surface area contributed by atoms with Gasteiger partial charge in [-0.25, -0.2) is 0 Å². The zero-order chi connectivity index (χ0) is 16.7. The highest BCUT2D eigenvalue weighted by Gasteiger charge is 2.48. The van der Waals surface area contributed by atoms with Crippen LogP contribution in [-0.4, -0.2) is 54.2 Å². The Morgan fingerprint density at radius 3 is 2.42 bits per heavy atom. The van der Waals surface area contributed by atoms with Crippen LogP contribution in [0.15, 0.2) is 0 Å². The van der Waals surface area contributed by atoms with Crippen LogP contribution in [-0.2, 0) is 33.3 Å². The van der Waals surface area contributed by atoms with Gasteiger partial charge < -0.3 is 24.1 Å². The maximum absolute atomic E-state index is 11.2. The fraction of sp³-hybridized carbons (Fsp3) is 0.727. The minimum atomic E-state index is -1.47. The molecule has 1 aliphatic heterocycles. The summed E-state index contributed by atoms with van der Waals surface area (Å²) >= 11 is 0. The molecule has 0 aromatic heterocycles. The van der Waals surface area contributed by atoms with Gasteiger partial charge in [-0.3, -0.25) is 14.4 Å². The van der Waals surface area contributed by atoms with E-state index in [1.807, 2.05) is 0 Å². The second-order valence-corrected chi connectivity index (χ2v) is 3.66. The third-order valence-electron chi connectivity index (χ3n) is 2.22. The summed E-state index contributed by atoms with van der Waals surface area (Å²) in [5.41, 5.74) is 0. The van der Waals surface area contributed by atoms with E-state index < -0.39 is 69.8 Å². The lowest BCUT2D eigenvalue weighted by Crippen LogP contribution is -2.39. The number of carbonyl (C=O) groups is 3. The first-order chi connectivity index (χ1) is 10.4. The van der Waals surface area contributed by atoms with Crippen LogP contribution in [0.2, 0.25) is 0 Å². The predicted octanol–water partition coefficient (Wildman–Crippen LogP) is -0.870. The number of esters is 3. The molecule has 108 valence electrons. The number of ether oxygens (including phenoxy) is 4. The summed E-state index contributed by atoms with van der Waals surface area (Å²) < 4.78 is 39.8. The summed E-state index contributed by atoms with van der Waals surface area (Å²) in [6.45, 7) is -2.45. The van der Waals surface area contributed by atoms with E-state index in [2.05, 4.69) is 4.74 Å². The highest BCUT2D eigenvalue weighted by molar-refractivity contribution is 5.67. The molecule has 4 atom stereocenters. The molecule has 0 aromatic rings. The van der Waals surface area contributed by atoms with Gasteiger partial charge in [0.1, 0.15) is 18.8 Å². The van der Waals surface area contributed by atoms with E-state index in [-0.39, 0.29) is 0 Å². The molecule has 0 bridgehead atoms. The van der Waals surface area contributed by atoms with E-state index in [0.717, 1.165) is 0 Å². The molecule has 1 saturated heterocycles. The fourth-order valence-electron chi connectivity index (χ4n) is 1.52. The number of hydrogen-bond donors (Lipinski definition) is 1. The minimum absolute atomic E-state index is 0.428. The average Bonchev–Trinajstić information content (AvgIpc) is 2.80. The summed E-state index contributed by atoms with van der Waals surface area (Å²) in [7, 11) is 0. The minimum Gasteiger partial charge on any atom is -0.463 e. The molecule has 1 N–H and O–H groups in total. The van der Waals surface area contributed by atoms with Crippen molar-refractivity contribution in [2.45, 2.75) is 45.3 Å². The number of aliphatic hydroxyl groups is 1. The Hall–Kier alpha value is -1.67. The third kappa shape index (κ3) is 4.49. The van der Waals surface area contributed by atoms with E-state index in [4.69, 9.17) is 18.3 Å². The SMILES string of the molecule is [2H]CC(=O)OC[C@H]1OC(OC(=O)C[2H])[C@H](OC(=O)C[2H])[C@@H]1O. The molecule has 0 aromatic carbocycles. The topological polar surface area (TPSA) is 108 Å². The van der Waals surface area contributed by atoms with Gasteiger partial charge in [0.25, 0.3) is 0 Å². The van der Waals surface area contributed by atoms with Crippen LogP contribution in [0.25, 0.3) is 0 Å². The number of rotatable bonds is 4. The fourth-order valence-corrected chi connectivity index (χ4v) is 1.52. The van der Waals surface area contributed by atoms with Crippen LogP contribution >= 0.6 is 0 Å². The van der Waals surface area contributed by atoms with Crippen molar-refractivity contribution in [2.24, 2.45) is 0 Å². The first-order valence-electron chi connectivity index (χ1n) is 7.30. The predicted molar refractivity (Wildman–Crippen MR) is 58.6 cm³/mol. The molecule has 0 spiro atoms. The highest BCUT2D eigenvalue weighted by atomic mass is 16.7. The Morgan fingerprint density at radius 2 is 1.79 bits per heavy atom. The van der Waals surface area contributed by atoms with Crippen molar-refractivity contribution < 1.29 is 42.5 Å². The van der Waals surface area contributed by atoms with E-state index >= 15 is 0 Å². The third-order valence-corrected chi connectivity index (χ3v) is 2.22. The van der Waals surface area contributed by atoms with Crippen molar-refractivity contribution in [2.75, 3.05) is 6.61 Å². The molecule has 1 rings (SSSR count). The van der Waals surface area contributed by atoms with Crippen LogP contribution in [0, 0.1) is 0 Å². The Kier molecular flexibility index (Phi) is 3.82. The van der Waals surface area contributed by atoms with Gasteiger partial charge in [-0.15, -0.1) is 0 Å². The highest BCUT2D eigenvalue weighted by Crippen LogP contribution is 2.25. The molecule has 19 heavy (non-hydrogen) atoms. The Morgan fingerprint density at radius 1 is 1.16 bits per heavy atom. The number of aliphatic hydroxyl groups excluding tert-OH is 1. The standard InChI is InChI=1S/C11H16O8/c1-5(12)16-4-8-9(15)10(17-6(2)13)11(19-8)18-7(3)14/h8-11,15H,4H2,1-3H3/t8-,9-,10-,11?/m1/s1/i1D,2D,3D. The second kappa shape index (κ2) is 6.48. The van der Waals surface area contributed by atoms with Crippen LogP contribution in [0.1, 0.15) is 24.8 Å². The molecule has 1 heterocycles.